The van der Waals surface area contributed by atoms with Crippen LogP contribution in [0.25, 0.3) is 0 Å². The number of aromatic nitrogens is 3. The van der Waals surface area contributed by atoms with Gasteiger partial charge in [-0.2, -0.15) is 0 Å². The molecule has 0 aliphatic heterocycles. The van der Waals surface area contributed by atoms with Gasteiger partial charge in [0, 0.05) is 30.0 Å². The second-order valence-electron chi connectivity index (χ2n) is 3.34. The van der Waals surface area contributed by atoms with Gasteiger partial charge >= 0.3 is 5.69 Å². The molecule has 0 unspecified atom stereocenters. The third kappa shape index (κ3) is 2.02. The van der Waals surface area contributed by atoms with E-state index < -0.39 is 0 Å². The minimum atomic E-state index is 0.0450. The summed E-state index contributed by atoms with van der Waals surface area (Å²) >= 11 is 1.63. The van der Waals surface area contributed by atoms with Gasteiger partial charge in [0.2, 0.25) is 0 Å². The Morgan fingerprint density at radius 2 is 2.13 bits per heavy atom. The lowest BCUT2D eigenvalue weighted by Gasteiger charge is -1.97. The maximum atomic E-state index is 11.7. The van der Waals surface area contributed by atoms with Crippen LogP contribution in [0.3, 0.4) is 0 Å². The second kappa shape index (κ2) is 4.02. The maximum absolute atomic E-state index is 11.7. The van der Waals surface area contributed by atoms with Crippen molar-refractivity contribution in [1.82, 2.24) is 14.1 Å². The lowest BCUT2D eigenvalue weighted by atomic mass is 10.5. The van der Waals surface area contributed by atoms with Gasteiger partial charge in [-0.05, 0) is 13.8 Å². The number of imidazole rings is 1. The van der Waals surface area contributed by atoms with Crippen LogP contribution in [0.15, 0.2) is 23.4 Å². The zero-order valence-electron chi connectivity index (χ0n) is 8.80. The fourth-order valence-corrected chi connectivity index (χ4v) is 2.25. The highest BCUT2D eigenvalue weighted by molar-refractivity contribution is 7.11. The van der Waals surface area contributed by atoms with Crippen molar-refractivity contribution in [2.24, 2.45) is 0 Å². The first-order chi connectivity index (χ1) is 7.20. The summed E-state index contributed by atoms with van der Waals surface area (Å²) < 4.78 is 3.39. The van der Waals surface area contributed by atoms with Gasteiger partial charge in [-0.3, -0.25) is 9.13 Å². The first kappa shape index (κ1) is 10.2. The summed E-state index contributed by atoms with van der Waals surface area (Å²) in [6, 6.07) is 0. The SMILES string of the molecule is CCn1ccn(Cc2cnc(C)s2)c1=O. The van der Waals surface area contributed by atoms with Crippen LogP contribution in [0.2, 0.25) is 0 Å². The van der Waals surface area contributed by atoms with E-state index in [4.69, 9.17) is 0 Å². The number of hydrogen-bond acceptors (Lipinski definition) is 3. The highest BCUT2D eigenvalue weighted by Crippen LogP contribution is 2.12. The number of aryl methyl sites for hydroxylation is 2. The van der Waals surface area contributed by atoms with Crippen LogP contribution in [0.4, 0.5) is 0 Å². The lowest BCUT2D eigenvalue weighted by molar-refractivity contribution is 0.671. The Hall–Kier alpha value is -1.36. The molecule has 0 N–H and O–H groups in total. The van der Waals surface area contributed by atoms with Crippen molar-refractivity contribution in [1.29, 1.82) is 0 Å². The molecule has 0 atom stereocenters. The van der Waals surface area contributed by atoms with Crippen LogP contribution < -0.4 is 5.69 Å². The summed E-state index contributed by atoms with van der Waals surface area (Å²) in [6.07, 6.45) is 5.47. The maximum Gasteiger partial charge on any atom is 0.328 e. The summed E-state index contributed by atoms with van der Waals surface area (Å²) in [4.78, 5) is 17.0. The van der Waals surface area contributed by atoms with Crippen LogP contribution >= 0.6 is 11.3 Å². The summed E-state index contributed by atoms with van der Waals surface area (Å²) in [5, 5.41) is 1.04. The topological polar surface area (TPSA) is 39.8 Å². The largest absolute Gasteiger partial charge is 0.328 e. The molecule has 0 bridgehead atoms. The van der Waals surface area contributed by atoms with Gasteiger partial charge < -0.3 is 0 Å². The molecule has 4 nitrogen and oxygen atoms in total. The van der Waals surface area contributed by atoms with Gasteiger partial charge in [0.15, 0.2) is 0 Å². The Morgan fingerprint density at radius 3 is 2.67 bits per heavy atom. The van der Waals surface area contributed by atoms with E-state index in [1.165, 1.54) is 0 Å². The smallest absolute Gasteiger partial charge is 0.300 e. The number of nitrogens with zero attached hydrogens (tertiary/aromatic N) is 3. The number of rotatable bonds is 3. The molecule has 0 radical (unpaired) electrons. The van der Waals surface area contributed by atoms with Crippen molar-refractivity contribution in [3.63, 3.8) is 0 Å². The Morgan fingerprint density at radius 1 is 1.40 bits per heavy atom. The average molecular weight is 223 g/mol. The molecule has 15 heavy (non-hydrogen) atoms. The quantitative estimate of drug-likeness (QED) is 0.790. The molecule has 2 aromatic heterocycles. The molecule has 2 rings (SSSR count). The second-order valence-corrected chi connectivity index (χ2v) is 4.66. The minimum Gasteiger partial charge on any atom is -0.300 e. The van der Waals surface area contributed by atoms with Crippen LogP contribution in [-0.4, -0.2) is 14.1 Å². The van der Waals surface area contributed by atoms with E-state index >= 15 is 0 Å². The first-order valence-electron chi connectivity index (χ1n) is 4.87. The van der Waals surface area contributed by atoms with Gasteiger partial charge in [-0.15, -0.1) is 11.3 Å². The molecule has 0 aliphatic carbocycles. The summed E-state index contributed by atoms with van der Waals surface area (Å²) in [5.74, 6) is 0. The van der Waals surface area contributed by atoms with Crippen molar-refractivity contribution in [3.05, 3.63) is 39.0 Å². The summed E-state index contributed by atoms with van der Waals surface area (Å²) in [7, 11) is 0. The van der Waals surface area contributed by atoms with E-state index in [2.05, 4.69) is 4.98 Å². The van der Waals surface area contributed by atoms with Crippen LogP contribution in [0.5, 0.6) is 0 Å². The fraction of sp³-hybridized carbons (Fsp3) is 0.400. The predicted molar refractivity (Wildman–Crippen MR) is 60.3 cm³/mol. The van der Waals surface area contributed by atoms with Gasteiger partial charge in [-0.25, -0.2) is 9.78 Å². The zero-order chi connectivity index (χ0) is 10.8. The molecule has 0 aliphatic rings. The molecule has 0 saturated carbocycles. The zero-order valence-corrected chi connectivity index (χ0v) is 9.62. The molecule has 0 saturated heterocycles. The van der Waals surface area contributed by atoms with E-state index in [9.17, 15) is 4.79 Å². The predicted octanol–water partition coefficient (Wildman–Crippen LogP) is 1.48. The van der Waals surface area contributed by atoms with Crippen molar-refractivity contribution >= 4 is 11.3 Å². The molecule has 2 aromatic rings. The molecular weight excluding hydrogens is 210 g/mol. The van der Waals surface area contributed by atoms with Gasteiger partial charge in [0.05, 0.1) is 11.6 Å². The molecule has 0 spiro atoms. The van der Waals surface area contributed by atoms with Crippen LogP contribution in [0.1, 0.15) is 16.8 Å². The van der Waals surface area contributed by atoms with E-state index in [1.54, 1.807) is 20.5 Å². The van der Waals surface area contributed by atoms with E-state index in [0.29, 0.717) is 13.1 Å². The Bertz CT molecular complexity index is 509. The molecule has 80 valence electrons. The molecular formula is C10H13N3OS. The molecule has 2 heterocycles. The first-order valence-corrected chi connectivity index (χ1v) is 5.69. The van der Waals surface area contributed by atoms with Crippen LogP contribution in [-0.2, 0) is 13.1 Å². The summed E-state index contributed by atoms with van der Waals surface area (Å²) in [5.41, 5.74) is 0.0450. The molecule has 0 aromatic carbocycles. The van der Waals surface area contributed by atoms with Gasteiger partial charge in [0.1, 0.15) is 0 Å². The Labute approximate surface area is 91.8 Å². The normalized spacial score (nSPS) is 10.8. The average Bonchev–Trinajstić information content (AvgIpc) is 2.76. The van der Waals surface area contributed by atoms with Crippen molar-refractivity contribution in [2.45, 2.75) is 26.9 Å². The van der Waals surface area contributed by atoms with Crippen molar-refractivity contribution in [3.8, 4) is 0 Å². The van der Waals surface area contributed by atoms with Crippen LogP contribution in [0, 0.1) is 6.92 Å². The van der Waals surface area contributed by atoms with Crippen molar-refractivity contribution < 1.29 is 0 Å². The minimum absolute atomic E-state index is 0.0450. The fourth-order valence-electron chi connectivity index (χ4n) is 1.46. The molecule has 0 fully saturated rings. The number of hydrogen-bond donors (Lipinski definition) is 0. The summed E-state index contributed by atoms with van der Waals surface area (Å²) in [6.45, 7) is 5.27. The molecule has 5 heteroatoms. The van der Waals surface area contributed by atoms with Crippen molar-refractivity contribution in [2.75, 3.05) is 0 Å². The molecule has 0 amide bonds. The van der Waals surface area contributed by atoms with E-state index in [0.717, 1.165) is 9.88 Å². The number of thiazole rings is 1. The highest BCUT2D eigenvalue weighted by Gasteiger charge is 2.04. The van der Waals surface area contributed by atoms with Gasteiger partial charge in [0.25, 0.3) is 0 Å². The Kier molecular flexibility index (Phi) is 2.73. The van der Waals surface area contributed by atoms with Gasteiger partial charge in [-0.1, -0.05) is 0 Å². The van der Waals surface area contributed by atoms with E-state index in [-0.39, 0.29) is 5.69 Å². The third-order valence-corrected chi connectivity index (χ3v) is 3.15. The lowest BCUT2D eigenvalue weighted by Crippen LogP contribution is -2.23. The van der Waals surface area contributed by atoms with E-state index in [1.807, 2.05) is 32.4 Å². The monoisotopic (exact) mass is 223 g/mol. The highest BCUT2D eigenvalue weighted by atomic mass is 32.1. The standard InChI is InChI=1S/C10H13N3OS/c1-3-12-4-5-13(10(12)14)7-9-6-11-8(2)15-9/h4-6H,3,7H2,1-2H3. The third-order valence-electron chi connectivity index (χ3n) is 2.25. The Balaban J connectivity index is 2.25.